The van der Waals surface area contributed by atoms with Crippen molar-refractivity contribution < 1.29 is 14.3 Å². The predicted molar refractivity (Wildman–Crippen MR) is 70.0 cm³/mol. The molecular weight excluding hydrogens is 247 g/mol. The van der Waals surface area contributed by atoms with Crippen LogP contribution in [0.15, 0.2) is 24.3 Å². The van der Waals surface area contributed by atoms with Gasteiger partial charge in [0.25, 0.3) is 0 Å². The van der Waals surface area contributed by atoms with Crippen molar-refractivity contribution in [3.05, 3.63) is 35.6 Å². The third kappa shape index (κ3) is 4.01. The summed E-state index contributed by atoms with van der Waals surface area (Å²) in [5.74, 6) is -0.320. The minimum absolute atomic E-state index is 0.0114. The van der Waals surface area contributed by atoms with Crippen LogP contribution in [-0.4, -0.2) is 30.6 Å². The Balaban J connectivity index is 1.80. The van der Waals surface area contributed by atoms with Crippen LogP contribution in [0.1, 0.15) is 24.5 Å². The lowest BCUT2D eigenvalue weighted by molar-refractivity contribution is -0.126. The maximum Gasteiger partial charge on any atom is 0.223 e. The van der Waals surface area contributed by atoms with Crippen molar-refractivity contribution in [3.8, 4) is 0 Å². The van der Waals surface area contributed by atoms with Crippen molar-refractivity contribution in [3.63, 3.8) is 0 Å². The monoisotopic (exact) mass is 266 g/mol. The second-order valence-corrected chi connectivity index (χ2v) is 4.84. The van der Waals surface area contributed by atoms with E-state index in [9.17, 15) is 14.3 Å². The summed E-state index contributed by atoms with van der Waals surface area (Å²) in [6, 6.07) is 5.65. The molecular formula is C14H19FN2O2. The Morgan fingerprint density at radius 2 is 2.00 bits per heavy atom. The third-order valence-corrected chi connectivity index (χ3v) is 3.43. The highest BCUT2D eigenvalue weighted by molar-refractivity contribution is 5.78. The number of aliphatic hydroxyl groups excluding tert-OH is 1. The standard InChI is InChI=1S/C14H19FN2O2/c15-12-3-1-10(2-4-12)13(18)9-17-14(19)11-5-7-16-8-6-11/h1-4,11,13,16,18H,5-9H2,(H,17,19). The topological polar surface area (TPSA) is 61.4 Å². The molecule has 1 amide bonds. The van der Waals surface area contributed by atoms with Crippen molar-refractivity contribution in [2.24, 2.45) is 5.92 Å². The molecule has 104 valence electrons. The predicted octanol–water partition coefficient (Wildman–Crippen LogP) is 0.975. The molecule has 1 aromatic carbocycles. The Bertz CT molecular complexity index is 416. The average molecular weight is 266 g/mol. The van der Waals surface area contributed by atoms with Crippen molar-refractivity contribution in [1.29, 1.82) is 0 Å². The zero-order valence-electron chi connectivity index (χ0n) is 10.7. The number of nitrogens with one attached hydrogen (secondary N) is 2. The van der Waals surface area contributed by atoms with Gasteiger partial charge in [-0.3, -0.25) is 4.79 Å². The summed E-state index contributed by atoms with van der Waals surface area (Å²) in [4.78, 5) is 11.9. The number of amides is 1. The molecule has 1 aromatic rings. The molecule has 1 heterocycles. The molecule has 0 bridgehead atoms. The van der Waals surface area contributed by atoms with E-state index < -0.39 is 6.10 Å². The smallest absolute Gasteiger partial charge is 0.223 e. The van der Waals surface area contributed by atoms with E-state index in [2.05, 4.69) is 10.6 Å². The van der Waals surface area contributed by atoms with Crippen LogP contribution < -0.4 is 10.6 Å². The van der Waals surface area contributed by atoms with Crippen molar-refractivity contribution in [2.45, 2.75) is 18.9 Å². The van der Waals surface area contributed by atoms with Gasteiger partial charge in [-0.25, -0.2) is 4.39 Å². The highest BCUT2D eigenvalue weighted by Crippen LogP contribution is 2.14. The molecule has 0 aliphatic carbocycles. The van der Waals surface area contributed by atoms with E-state index >= 15 is 0 Å². The van der Waals surface area contributed by atoms with Crippen LogP contribution in [0.3, 0.4) is 0 Å². The van der Waals surface area contributed by atoms with E-state index in [4.69, 9.17) is 0 Å². The van der Waals surface area contributed by atoms with Crippen LogP contribution in [-0.2, 0) is 4.79 Å². The Labute approximate surface area is 112 Å². The van der Waals surface area contributed by atoms with E-state index in [1.165, 1.54) is 24.3 Å². The minimum atomic E-state index is -0.800. The number of hydrogen-bond acceptors (Lipinski definition) is 3. The lowest BCUT2D eigenvalue weighted by Gasteiger charge is -2.22. The molecule has 0 radical (unpaired) electrons. The second-order valence-electron chi connectivity index (χ2n) is 4.84. The third-order valence-electron chi connectivity index (χ3n) is 3.43. The van der Waals surface area contributed by atoms with Gasteiger partial charge in [0, 0.05) is 12.5 Å². The van der Waals surface area contributed by atoms with Gasteiger partial charge >= 0.3 is 0 Å². The number of halogens is 1. The molecule has 0 saturated carbocycles. The number of benzene rings is 1. The van der Waals surface area contributed by atoms with Gasteiger partial charge in [0.1, 0.15) is 5.82 Å². The molecule has 1 atom stereocenters. The largest absolute Gasteiger partial charge is 0.387 e. The fraction of sp³-hybridized carbons (Fsp3) is 0.500. The summed E-state index contributed by atoms with van der Waals surface area (Å²) < 4.78 is 12.7. The van der Waals surface area contributed by atoms with Crippen molar-refractivity contribution in [1.82, 2.24) is 10.6 Å². The highest BCUT2D eigenvalue weighted by Gasteiger charge is 2.21. The molecule has 1 fully saturated rings. The first-order valence-electron chi connectivity index (χ1n) is 6.59. The van der Waals surface area contributed by atoms with Crippen molar-refractivity contribution >= 4 is 5.91 Å². The van der Waals surface area contributed by atoms with Gasteiger partial charge in [-0.1, -0.05) is 12.1 Å². The second kappa shape index (κ2) is 6.63. The first-order chi connectivity index (χ1) is 9.16. The van der Waals surface area contributed by atoms with E-state index in [0.717, 1.165) is 25.9 Å². The Morgan fingerprint density at radius 1 is 1.37 bits per heavy atom. The number of carbonyl (C=O) groups is 1. The highest BCUT2D eigenvalue weighted by atomic mass is 19.1. The summed E-state index contributed by atoms with van der Waals surface area (Å²) in [6.45, 7) is 1.88. The maximum absolute atomic E-state index is 12.7. The summed E-state index contributed by atoms with van der Waals surface area (Å²) in [5.41, 5.74) is 0.604. The van der Waals surface area contributed by atoms with Gasteiger partial charge in [-0.05, 0) is 43.6 Å². The van der Waals surface area contributed by atoms with Gasteiger partial charge in [0.05, 0.1) is 6.10 Å². The summed E-state index contributed by atoms with van der Waals surface area (Å²) in [7, 11) is 0. The quantitative estimate of drug-likeness (QED) is 0.761. The SMILES string of the molecule is O=C(NCC(O)c1ccc(F)cc1)C1CCNCC1. The van der Waals surface area contributed by atoms with Crippen LogP contribution in [0.4, 0.5) is 4.39 Å². The minimum Gasteiger partial charge on any atom is -0.387 e. The molecule has 1 aliphatic rings. The number of carbonyl (C=O) groups excluding carboxylic acids is 1. The van der Waals surface area contributed by atoms with Gasteiger partial charge in [0.2, 0.25) is 5.91 Å². The summed E-state index contributed by atoms with van der Waals surface area (Å²) in [6.07, 6.45) is 0.864. The molecule has 0 aromatic heterocycles. The summed E-state index contributed by atoms with van der Waals surface area (Å²) >= 11 is 0. The lowest BCUT2D eigenvalue weighted by atomic mass is 9.97. The first-order valence-corrected chi connectivity index (χ1v) is 6.59. The fourth-order valence-electron chi connectivity index (χ4n) is 2.23. The van der Waals surface area contributed by atoms with E-state index in [1.54, 1.807) is 0 Å². The van der Waals surface area contributed by atoms with E-state index in [-0.39, 0.29) is 24.2 Å². The maximum atomic E-state index is 12.7. The first kappa shape index (κ1) is 14.0. The fourth-order valence-corrected chi connectivity index (χ4v) is 2.23. The van der Waals surface area contributed by atoms with Gasteiger partial charge < -0.3 is 15.7 Å². The van der Waals surface area contributed by atoms with Gasteiger partial charge in [0.15, 0.2) is 0 Å². The summed E-state index contributed by atoms with van der Waals surface area (Å²) in [5, 5.41) is 15.9. The van der Waals surface area contributed by atoms with Crippen LogP contribution in [0.5, 0.6) is 0 Å². The van der Waals surface area contributed by atoms with E-state index in [0.29, 0.717) is 5.56 Å². The number of hydrogen-bond donors (Lipinski definition) is 3. The van der Waals surface area contributed by atoms with Crippen LogP contribution in [0, 0.1) is 11.7 Å². The van der Waals surface area contributed by atoms with Crippen LogP contribution in [0.25, 0.3) is 0 Å². The number of piperidine rings is 1. The zero-order chi connectivity index (χ0) is 13.7. The van der Waals surface area contributed by atoms with Crippen LogP contribution in [0.2, 0.25) is 0 Å². The Kier molecular flexibility index (Phi) is 4.87. The normalized spacial score (nSPS) is 18.0. The molecule has 3 N–H and O–H groups in total. The molecule has 2 rings (SSSR count). The van der Waals surface area contributed by atoms with Crippen molar-refractivity contribution in [2.75, 3.05) is 19.6 Å². The molecule has 0 spiro atoms. The molecule has 5 heteroatoms. The Morgan fingerprint density at radius 3 is 2.63 bits per heavy atom. The van der Waals surface area contributed by atoms with E-state index in [1.807, 2.05) is 0 Å². The average Bonchev–Trinajstić information content (AvgIpc) is 2.46. The number of aliphatic hydroxyl groups is 1. The molecule has 1 unspecified atom stereocenters. The molecule has 19 heavy (non-hydrogen) atoms. The molecule has 1 aliphatic heterocycles. The van der Waals surface area contributed by atoms with Crippen LogP contribution >= 0.6 is 0 Å². The van der Waals surface area contributed by atoms with Gasteiger partial charge in [-0.15, -0.1) is 0 Å². The van der Waals surface area contributed by atoms with Gasteiger partial charge in [-0.2, -0.15) is 0 Å². The zero-order valence-corrected chi connectivity index (χ0v) is 10.7. The lowest BCUT2D eigenvalue weighted by Crippen LogP contribution is -2.39. The molecule has 4 nitrogen and oxygen atoms in total. The molecule has 1 saturated heterocycles. The number of rotatable bonds is 4. The Hall–Kier alpha value is -1.46.